The Balaban J connectivity index is 0.875. The van der Waals surface area contributed by atoms with Gasteiger partial charge in [0.15, 0.2) is 0 Å². The highest BCUT2D eigenvalue weighted by Gasteiger charge is 2.39. The Kier molecular flexibility index (Phi) is 11.6. The number of nitrogens with one attached hydrogen (secondary N) is 4. The van der Waals surface area contributed by atoms with Crippen molar-refractivity contribution >= 4 is 35.0 Å². The van der Waals surface area contributed by atoms with Crippen LogP contribution in [0.2, 0.25) is 0 Å². The molecule has 0 bridgehead atoms. The fourth-order valence-corrected chi connectivity index (χ4v) is 9.91. The van der Waals surface area contributed by atoms with Crippen LogP contribution in [0.3, 0.4) is 0 Å². The molecule has 3 aromatic heterocycles. The average Bonchev–Trinajstić information content (AvgIpc) is 4.22. The second kappa shape index (κ2) is 18.1. The number of methoxy groups -OCH3 is 2. The number of likely N-dealkylation sites (tertiary alicyclic amines) is 2. The Morgan fingerprint density at radius 2 is 1.20 bits per heavy atom. The minimum atomic E-state index is -0.895. The van der Waals surface area contributed by atoms with Crippen molar-refractivity contribution in [2.75, 3.05) is 27.3 Å². The van der Waals surface area contributed by atoms with Crippen LogP contribution in [-0.2, 0) is 31.9 Å². The van der Waals surface area contributed by atoms with E-state index in [1.165, 1.54) is 25.3 Å². The number of H-pyrrole nitrogens is 2. The van der Waals surface area contributed by atoms with Gasteiger partial charge in [-0.25, -0.2) is 19.6 Å². The van der Waals surface area contributed by atoms with E-state index in [4.69, 9.17) is 23.9 Å². The minimum absolute atomic E-state index is 0.214. The zero-order valence-corrected chi connectivity index (χ0v) is 36.7. The van der Waals surface area contributed by atoms with E-state index in [-0.39, 0.29) is 23.9 Å². The van der Waals surface area contributed by atoms with Crippen LogP contribution >= 0.6 is 0 Å². The van der Waals surface area contributed by atoms with Gasteiger partial charge in [0.1, 0.15) is 35.1 Å². The SMILES string of the molecule is COC(=O)N[C@H](C(=O)N1CCC[C@H]1c1ncc(-c2ccc3c(c2)CCCc2c-3oc3ccc(-c4cnc([C@@H]5CCCN5C(=O)[C@@H](NC(=O)OC)c5ccccc5)[nH]4)cc23)[nH]1)c1ccccc1. The summed E-state index contributed by atoms with van der Waals surface area (Å²) in [6.07, 6.45) is 8.06. The van der Waals surface area contributed by atoms with Crippen LogP contribution in [0.1, 0.15) is 90.2 Å². The van der Waals surface area contributed by atoms with Gasteiger partial charge in [-0.05, 0) is 91.5 Å². The van der Waals surface area contributed by atoms with Gasteiger partial charge in [-0.15, -0.1) is 0 Å². The van der Waals surface area contributed by atoms with Gasteiger partial charge in [-0.2, -0.15) is 0 Å². The van der Waals surface area contributed by atoms with Crippen molar-refractivity contribution in [1.29, 1.82) is 0 Å². The van der Waals surface area contributed by atoms with E-state index in [9.17, 15) is 19.2 Å². The number of fused-ring (bicyclic) bond motifs is 5. The van der Waals surface area contributed by atoms with Crippen LogP contribution in [0, 0.1) is 0 Å². The van der Waals surface area contributed by atoms with Crippen LogP contribution < -0.4 is 10.6 Å². The van der Waals surface area contributed by atoms with E-state index in [0.717, 1.165) is 89.8 Å². The molecule has 66 heavy (non-hydrogen) atoms. The van der Waals surface area contributed by atoms with Crippen LogP contribution in [0.25, 0.3) is 44.8 Å². The van der Waals surface area contributed by atoms with Crippen molar-refractivity contribution in [1.82, 2.24) is 40.4 Å². The molecule has 4 aromatic carbocycles. The molecule has 4 atom stereocenters. The normalized spacial score (nSPS) is 17.7. The monoisotopic (exact) mass is 886 g/mol. The van der Waals surface area contributed by atoms with E-state index < -0.39 is 24.3 Å². The summed E-state index contributed by atoms with van der Waals surface area (Å²) in [4.78, 5) is 73.0. The highest BCUT2D eigenvalue weighted by Crippen LogP contribution is 2.42. The summed E-state index contributed by atoms with van der Waals surface area (Å²) in [6.45, 7) is 1.09. The number of carbonyl (C=O) groups is 4. The molecule has 7 aromatic rings. The van der Waals surface area contributed by atoms with Crippen molar-refractivity contribution in [3.05, 3.63) is 143 Å². The molecule has 3 aliphatic rings. The molecular formula is C51H50N8O7. The van der Waals surface area contributed by atoms with Gasteiger partial charge in [0.05, 0.1) is 50.1 Å². The third-order valence-electron chi connectivity index (χ3n) is 13.2. The number of hydrogen-bond acceptors (Lipinski definition) is 9. The quantitative estimate of drug-likeness (QED) is 0.104. The summed E-state index contributed by atoms with van der Waals surface area (Å²) >= 11 is 0. The molecule has 0 saturated carbocycles. The number of aromatic nitrogens is 4. The van der Waals surface area contributed by atoms with E-state index in [1.54, 1.807) is 9.80 Å². The summed E-state index contributed by atoms with van der Waals surface area (Å²) in [7, 11) is 2.57. The molecule has 0 spiro atoms. The van der Waals surface area contributed by atoms with E-state index in [0.29, 0.717) is 35.9 Å². The van der Waals surface area contributed by atoms with Crippen molar-refractivity contribution < 1.29 is 33.1 Å². The van der Waals surface area contributed by atoms with Crippen LogP contribution in [-0.4, -0.2) is 81.0 Å². The minimum Gasteiger partial charge on any atom is -0.456 e. The Morgan fingerprint density at radius 1 is 0.667 bits per heavy atom. The van der Waals surface area contributed by atoms with Gasteiger partial charge in [-0.3, -0.25) is 9.59 Å². The lowest BCUT2D eigenvalue weighted by Gasteiger charge is -2.28. The number of aromatic amines is 2. The maximum atomic E-state index is 14.1. The number of furan rings is 1. The highest BCUT2D eigenvalue weighted by atomic mass is 16.5. The zero-order valence-electron chi connectivity index (χ0n) is 36.7. The summed E-state index contributed by atoms with van der Waals surface area (Å²) in [6, 6.07) is 28.7. The number of carbonyl (C=O) groups excluding carboxylic acids is 4. The molecule has 0 radical (unpaired) electrons. The topological polar surface area (TPSA) is 188 Å². The molecule has 2 saturated heterocycles. The Bertz CT molecular complexity index is 2920. The number of alkyl carbamates (subject to hydrolysis) is 2. The number of amides is 4. The molecule has 1 aliphatic carbocycles. The van der Waals surface area contributed by atoms with E-state index in [2.05, 4.69) is 44.9 Å². The van der Waals surface area contributed by atoms with Crippen LogP contribution in [0.5, 0.6) is 0 Å². The molecule has 4 amide bonds. The predicted octanol–water partition coefficient (Wildman–Crippen LogP) is 8.89. The molecule has 4 N–H and O–H groups in total. The molecule has 15 nitrogen and oxygen atoms in total. The first-order valence-corrected chi connectivity index (χ1v) is 22.5. The number of aryl methyl sites for hydroxylation is 2. The van der Waals surface area contributed by atoms with Gasteiger partial charge in [0, 0.05) is 35.2 Å². The molecule has 0 unspecified atom stereocenters. The summed E-state index contributed by atoms with van der Waals surface area (Å²) in [5, 5.41) is 6.52. The first-order valence-electron chi connectivity index (χ1n) is 22.5. The first-order chi connectivity index (χ1) is 32.3. The highest BCUT2D eigenvalue weighted by molar-refractivity contribution is 5.92. The number of ether oxygens (including phenoxy) is 2. The molecular weight excluding hydrogens is 837 g/mol. The Labute approximate surface area is 380 Å². The molecule has 2 aliphatic heterocycles. The number of nitrogens with zero attached hydrogens (tertiary/aromatic N) is 4. The van der Waals surface area contributed by atoms with Crippen LogP contribution in [0.4, 0.5) is 9.59 Å². The number of hydrogen-bond donors (Lipinski definition) is 4. The molecule has 336 valence electrons. The van der Waals surface area contributed by atoms with E-state index in [1.807, 2.05) is 85.2 Å². The van der Waals surface area contributed by atoms with Gasteiger partial charge in [-0.1, -0.05) is 72.8 Å². The largest absolute Gasteiger partial charge is 0.456 e. The average molecular weight is 887 g/mol. The number of benzene rings is 4. The predicted molar refractivity (Wildman–Crippen MR) is 246 cm³/mol. The summed E-state index contributed by atoms with van der Waals surface area (Å²) < 4.78 is 16.4. The number of imidazole rings is 2. The standard InChI is InChI=1S/C51H50N8O7/c1-64-50(62)56-43(30-12-5-3-6-13-30)48(60)58-24-10-18-40(58)46-52-28-38(54-46)33-20-22-35-32(26-33)16-9-17-36-37-27-34(21-23-42(37)66-45(35)36)39-29-53-47(55-39)41-19-11-25-59(41)49(61)44(57-51(63)65-2)31-14-7-4-8-15-31/h3-8,12-15,20-23,26-29,40-41,43-44H,9-11,16-19,24-25H2,1-2H3,(H,52,54)(H,53,55)(H,56,62)(H,57,63)/t40-,41-,43-,44-/m0/s1. The van der Waals surface area contributed by atoms with Crippen LogP contribution in [0.15, 0.2) is 114 Å². The van der Waals surface area contributed by atoms with Gasteiger partial charge in [0.2, 0.25) is 0 Å². The second-order valence-electron chi connectivity index (χ2n) is 17.0. The zero-order chi connectivity index (χ0) is 45.3. The summed E-state index contributed by atoms with van der Waals surface area (Å²) in [5.74, 6) is 1.84. The lowest BCUT2D eigenvalue weighted by Crippen LogP contribution is -2.42. The molecule has 5 heterocycles. The fraction of sp³-hybridized carbons (Fsp3) is 0.294. The maximum Gasteiger partial charge on any atom is 0.407 e. The smallest absolute Gasteiger partial charge is 0.407 e. The van der Waals surface area contributed by atoms with Crippen molar-refractivity contribution in [3.8, 4) is 33.8 Å². The van der Waals surface area contributed by atoms with Gasteiger partial charge in [0.25, 0.3) is 11.8 Å². The lowest BCUT2D eigenvalue weighted by molar-refractivity contribution is -0.135. The maximum absolute atomic E-state index is 14.1. The second-order valence-corrected chi connectivity index (χ2v) is 17.0. The molecule has 15 heteroatoms. The number of rotatable bonds is 10. The van der Waals surface area contributed by atoms with Crippen molar-refractivity contribution in [2.24, 2.45) is 0 Å². The summed E-state index contributed by atoms with van der Waals surface area (Å²) in [5.41, 5.74) is 9.23. The van der Waals surface area contributed by atoms with Crippen molar-refractivity contribution in [2.45, 2.75) is 69.1 Å². The molecule has 10 rings (SSSR count). The fourth-order valence-electron chi connectivity index (χ4n) is 9.91. The van der Waals surface area contributed by atoms with E-state index >= 15 is 0 Å². The van der Waals surface area contributed by atoms with Gasteiger partial charge < -0.3 is 44.3 Å². The lowest BCUT2D eigenvalue weighted by atomic mass is 9.98. The molecule has 2 fully saturated rings. The van der Waals surface area contributed by atoms with Crippen molar-refractivity contribution in [3.63, 3.8) is 0 Å². The van der Waals surface area contributed by atoms with Gasteiger partial charge >= 0.3 is 12.2 Å². The third-order valence-corrected chi connectivity index (χ3v) is 13.2. The third kappa shape index (κ3) is 8.05. The Morgan fingerprint density at radius 3 is 1.74 bits per heavy atom. The Hall–Kier alpha value is -7.68. The first kappa shape index (κ1) is 42.3.